The number of carbonyl (C=O) groups is 1. The number of halogens is 1. The molecule has 2 aliphatic rings. The van der Waals surface area contributed by atoms with Crippen LogP contribution in [0.15, 0.2) is 0 Å². The van der Waals surface area contributed by atoms with Crippen LogP contribution in [-0.2, 0) is 4.79 Å². The predicted molar refractivity (Wildman–Crippen MR) is 62.0 cm³/mol. The Morgan fingerprint density at radius 1 is 1.27 bits per heavy atom. The third kappa shape index (κ3) is 3.10. The maximum Gasteiger partial charge on any atom is 0.223 e. The van der Waals surface area contributed by atoms with E-state index in [0.29, 0.717) is 23.7 Å². The Kier molecular flexibility index (Phi) is 3.90. The molecule has 0 aromatic carbocycles. The fourth-order valence-electron chi connectivity index (χ4n) is 2.44. The van der Waals surface area contributed by atoms with Crippen LogP contribution in [0.1, 0.15) is 44.9 Å². The third-order valence-corrected chi connectivity index (χ3v) is 3.77. The van der Waals surface area contributed by atoms with Crippen LogP contribution >= 0.6 is 11.6 Å². The van der Waals surface area contributed by atoms with Crippen LogP contribution in [0.4, 0.5) is 0 Å². The van der Waals surface area contributed by atoms with Crippen molar-refractivity contribution in [3.63, 3.8) is 0 Å². The summed E-state index contributed by atoms with van der Waals surface area (Å²) in [7, 11) is 0. The van der Waals surface area contributed by atoms with Crippen molar-refractivity contribution < 1.29 is 4.79 Å². The number of hydrogen-bond acceptors (Lipinski definition) is 1. The highest BCUT2D eigenvalue weighted by atomic mass is 35.5. The van der Waals surface area contributed by atoms with Gasteiger partial charge in [0.15, 0.2) is 0 Å². The number of likely N-dealkylation sites (tertiary alicyclic amines) is 1. The molecule has 1 saturated heterocycles. The SMILES string of the molecule is O=C(CC1CC1)N1CCCCC1CCCl. The fourth-order valence-corrected chi connectivity index (χ4v) is 2.69. The van der Waals surface area contributed by atoms with Crippen molar-refractivity contribution in [3.8, 4) is 0 Å². The monoisotopic (exact) mass is 229 g/mol. The van der Waals surface area contributed by atoms with Gasteiger partial charge in [0.2, 0.25) is 5.91 Å². The number of nitrogens with zero attached hydrogens (tertiary/aromatic N) is 1. The van der Waals surface area contributed by atoms with Crippen LogP contribution in [0, 0.1) is 5.92 Å². The van der Waals surface area contributed by atoms with Crippen LogP contribution in [0.25, 0.3) is 0 Å². The second-order valence-electron chi connectivity index (χ2n) is 4.86. The molecule has 0 aromatic rings. The molecule has 1 aliphatic heterocycles. The summed E-state index contributed by atoms with van der Waals surface area (Å²) in [5.41, 5.74) is 0. The Bertz CT molecular complexity index is 226. The van der Waals surface area contributed by atoms with Gasteiger partial charge in [-0.25, -0.2) is 0 Å². The van der Waals surface area contributed by atoms with Crippen LogP contribution in [0.5, 0.6) is 0 Å². The van der Waals surface area contributed by atoms with Gasteiger partial charge in [-0.1, -0.05) is 0 Å². The molecule has 1 amide bonds. The topological polar surface area (TPSA) is 20.3 Å². The molecule has 1 aliphatic carbocycles. The lowest BCUT2D eigenvalue weighted by Gasteiger charge is -2.35. The van der Waals surface area contributed by atoms with Crippen molar-refractivity contribution in [1.29, 1.82) is 0 Å². The molecule has 1 heterocycles. The van der Waals surface area contributed by atoms with Gasteiger partial charge in [0.1, 0.15) is 0 Å². The van der Waals surface area contributed by atoms with Crippen LogP contribution in [0.3, 0.4) is 0 Å². The quantitative estimate of drug-likeness (QED) is 0.679. The summed E-state index contributed by atoms with van der Waals surface area (Å²) in [6, 6.07) is 0.433. The molecular weight excluding hydrogens is 210 g/mol. The lowest BCUT2D eigenvalue weighted by Crippen LogP contribution is -2.44. The molecule has 2 nitrogen and oxygen atoms in total. The summed E-state index contributed by atoms with van der Waals surface area (Å²) in [4.78, 5) is 14.1. The average Bonchev–Trinajstić information content (AvgIpc) is 3.03. The van der Waals surface area contributed by atoms with E-state index in [1.54, 1.807) is 0 Å². The Morgan fingerprint density at radius 3 is 2.73 bits per heavy atom. The molecular formula is C12H20ClNO. The summed E-state index contributed by atoms with van der Waals surface area (Å²) in [5.74, 6) is 1.76. The molecule has 0 bridgehead atoms. The van der Waals surface area contributed by atoms with Crippen LogP contribution in [0.2, 0.25) is 0 Å². The van der Waals surface area contributed by atoms with E-state index in [-0.39, 0.29) is 0 Å². The highest BCUT2D eigenvalue weighted by molar-refractivity contribution is 6.17. The normalized spacial score (nSPS) is 26.7. The van der Waals surface area contributed by atoms with Crippen molar-refractivity contribution in [2.75, 3.05) is 12.4 Å². The van der Waals surface area contributed by atoms with Crippen LogP contribution < -0.4 is 0 Å². The molecule has 0 radical (unpaired) electrons. The second kappa shape index (κ2) is 5.20. The molecule has 2 rings (SSSR count). The van der Waals surface area contributed by atoms with Gasteiger partial charge in [0.05, 0.1) is 0 Å². The summed E-state index contributed by atoms with van der Waals surface area (Å²) < 4.78 is 0. The number of piperidine rings is 1. The largest absolute Gasteiger partial charge is 0.340 e. The van der Waals surface area contributed by atoms with Crippen molar-refractivity contribution in [1.82, 2.24) is 4.90 Å². The van der Waals surface area contributed by atoms with Crippen molar-refractivity contribution in [2.45, 2.75) is 51.0 Å². The van der Waals surface area contributed by atoms with Gasteiger partial charge in [0.25, 0.3) is 0 Å². The standard InChI is InChI=1S/C12H20ClNO/c13-7-6-11-3-1-2-8-14(11)12(15)9-10-4-5-10/h10-11H,1-9H2. The molecule has 0 N–H and O–H groups in total. The number of hydrogen-bond donors (Lipinski definition) is 0. The number of amides is 1. The minimum absolute atomic E-state index is 0.382. The van der Waals surface area contributed by atoms with E-state index in [0.717, 1.165) is 25.8 Å². The van der Waals surface area contributed by atoms with Crippen molar-refractivity contribution >= 4 is 17.5 Å². The zero-order valence-corrected chi connectivity index (χ0v) is 10.0. The summed E-state index contributed by atoms with van der Waals surface area (Å²) in [6.07, 6.45) is 7.88. The first-order valence-electron chi connectivity index (χ1n) is 6.16. The van der Waals surface area contributed by atoms with Crippen LogP contribution in [-0.4, -0.2) is 29.3 Å². The maximum atomic E-state index is 12.0. The maximum absolute atomic E-state index is 12.0. The van der Waals surface area contributed by atoms with Gasteiger partial charge in [-0.2, -0.15) is 0 Å². The highest BCUT2D eigenvalue weighted by Gasteiger charge is 2.31. The molecule has 1 atom stereocenters. The predicted octanol–water partition coefficient (Wildman–Crippen LogP) is 2.80. The van der Waals surface area contributed by atoms with Gasteiger partial charge in [-0.05, 0) is 44.4 Å². The Labute approximate surface area is 97.0 Å². The molecule has 2 fully saturated rings. The van der Waals surface area contributed by atoms with Gasteiger partial charge in [0, 0.05) is 24.9 Å². The van der Waals surface area contributed by atoms with Gasteiger partial charge in [-0.3, -0.25) is 4.79 Å². The Hall–Kier alpha value is -0.240. The Morgan fingerprint density at radius 2 is 2.07 bits per heavy atom. The van der Waals surface area contributed by atoms with E-state index in [4.69, 9.17) is 11.6 Å². The molecule has 1 unspecified atom stereocenters. The van der Waals surface area contributed by atoms with Gasteiger partial charge in [-0.15, -0.1) is 11.6 Å². The minimum atomic E-state index is 0.382. The smallest absolute Gasteiger partial charge is 0.223 e. The third-order valence-electron chi connectivity index (χ3n) is 3.55. The number of alkyl halides is 1. The fraction of sp³-hybridized carbons (Fsp3) is 0.917. The summed E-state index contributed by atoms with van der Waals surface area (Å²) in [6.45, 7) is 0.965. The second-order valence-corrected chi connectivity index (χ2v) is 5.24. The molecule has 86 valence electrons. The summed E-state index contributed by atoms with van der Waals surface area (Å²) in [5, 5.41) is 0. The zero-order valence-electron chi connectivity index (χ0n) is 9.25. The number of rotatable bonds is 4. The van der Waals surface area contributed by atoms with E-state index >= 15 is 0 Å². The van der Waals surface area contributed by atoms with Gasteiger partial charge >= 0.3 is 0 Å². The average molecular weight is 230 g/mol. The van der Waals surface area contributed by atoms with E-state index < -0.39 is 0 Å². The summed E-state index contributed by atoms with van der Waals surface area (Å²) >= 11 is 5.78. The van der Waals surface area contributed by atoms with E-state index in [9.17, 15) is 4.79 Å². The van der Waals surface area contributed by atoms with Gasteiger partial charge < -0.3 is 4.90 Å². The van der Waals surface area contributed by atoms with E-state index in [2.05, 4.69) is 4.90 Å². The van der Waals surface area contributed by atoms with Crippen molar-refractivity contribution in [2.24, 2.45) is 5.92 Å². The van der Waals surface area contributed by atoms with E-state index in [1.807, 2.05) is 0 Å². The lowest BCUT2D eigenvalue weighted by atomic mass is 9.99. The first-order chi connectivity index (χ1) is 7.31. The lowest BCUT2D eigenvalue weighted by molar-refractivity contribution is -0.135. The molecule has 1 saturated carbocycles. The molecule has 15 heavy (non-hydrogen) atoms. The molecule has 0 aromatic heterocycles. The Balaban J connectivity index is 1.87. The highest BCUT2D eigenvalue weighted by Crippen LogP contribution is 2.34. The molecule has 0 spiro atoms. The van der Waals surface area contributed by atoms with Crippen molar-refractivity contribution in [3.05, 3.63) is 0 Å². The first kappa shape index (κ1) is 11.3. The number of carbonyl (C=O) groups excluding carboxylic acids is 1. The van der Waals surface area contributed by atoms with E-state index in [1.165, 1.54) is 25.7 Å². The zero-order chi connectivity index (χ0) is 10.7. The minimum Gasteiger partial charge on any atom is -0.340 e. The molecule has 3 heteroatoms. The first-order valence-corrected chi connectivity index (χ1v) is 6.70.